The SMILES string of the molecule is c1ccc(-n2c3ccccc3c3cc(C4NC(n5c6ccccc6c6c7sc8ccccc8c7c7ccccc7c65)=Nc5c4oc4ccccc54)ccc32)cc1. The van der Waals surface area contributed by atoms with Crippen molar-refractivity contribution in [3.8, 4) is 5.69 Å². The van der Waals surface area contributed by atoms with E-state index < -0.39 is 0 Å². The van der Waals surface area contributed by atoms with Crippen LogP contribution in [-0.4, -0.2) is 15.1 Å². The highest BCUT2D eigenvalue weighted by molar-refractivity contribution is 7.27. The van der Waals surface area contributed by atoms with Gasteiger partial charge in [0.05, 0.1) is 22.1 Å². The van der Waals surface area contributed by atoms with E-state index in [4.69, 9.17) is 9.41 Å². The molecule has 0 bridgehead atoms. The number of thiophene rings is 1. The van der Waals surface area contributed by atoms with E-state index in [0.717, 1.165) is 56.2 Å². The number of rotatable bonds is 2. The lowest BCUT2D eigenvalue weighted by Gasteiger charge is -2.26. The molecule has 13 rings (SSSR count). The van der Waals surface area contributed by atoms with E-state index in [1.165, 1.54) is 58.0 Å². The molecule has 0 aliphatic carbocycles. The van der Waals surface area contributed by atoms with Crippen LogP contribution in [0.25, 0.3) is 91.2 Å². The third-order valence-corrected chi connectivity index (χ3v) is 12.9. The van der Waals surface area contributed by atoms with Crippen LogP contribution in [0, 0.1) is 0 Å². The highest BCUT2D eigenvalue weighted by atomic mass is 32.1. The second-order valence-electron chi connectivity index (χ2n) is 14.7. The molecule has 1 unspecified atom stereocenters. The largest absolute Gasteiger partial charge is 0.456 e. The number of para-hydroxylation sites is 4. The molecule has 1 aliphatic rings. The zero-order valence-electron chi connectivity index (χ0n) is 29.9. The van der Waals surface area contributed by atoms with Crippen LogP contribution in [-0.2, 0) is 0 Å². The summed E-state index contributed by atoms with van der Waals surface area (Å²) in [5.74, 6) is 1.59. The van der Waals surface area contributed by atoms with Crippen molar-refractivity contribution < 1.29 is 4.42 Å². The van der Waals surface area contributed by atoms with E-state index in [1.807, 2.05) is 23.5 Å². The summed E-state index contributed by atoms with van der Waals surface area (Å²) in [6, 6.07) is 60.6. The van der Waals surface area contributed by atoms with E-state index in [1.54, 1.807) is 0 Å². The Morgan fingerprint density at radius 2 is 1.16 bits per heavy atom. The Hall–Kier alpha value is -7.15. The molecule has 0 radical (unpaired) electrons. The number of nitrogens with zero attached hydrogens (tertiary/aromatic N) is 3. The van der Waals surface area contributed by atoms with E-state index in [2.05, 4.69) is 172 Å². The molecule has 5 heterocycles. The molecule has 0 spiro atoms. The molecule has 56 heavy (non-hydrogen) atoms. The first-order valence-electron chi connectivity index (χ1n) is 19.0. The average Bonchev–Trinajstić information content (AvgIpc) is 4.01. The van der Waals surface area contributed by atoms with Crippen molar-refractivity contribution in [1.29, 1.82) is 0 Å². The lowest BCUT2D eigenvalue weighted by molar-refractivity contribution is 0.501. The molecule has 8 aromatic carbocycles. The van der Waals surface area contributed by atoms with Crippen molar-refractivity contribution in [1.82, 2.24) is 14.5 Å². The maximum Gasteiger partial charge on any atom is 0.209 e. The molecule has 6 heteroatoms. The summed E-state index contributed by atoms with van der Waals surface area (Å²) in [7, 11) is 0. The first-order valence-corrected chi connectivity index (χ1v) is 19.8. The number of hydrogen-bond acceptors (Lipinski definition) is 4. The van der Waals surface area contributed by atoms with Gasteiger partial charge in [0.1, 0.15) is 17.3 Å². The fraction of sp³-hybridized carbons (Fsp3) is 0.0200. The molecule has 1 atom stereocenters. The minimum Gasteiger partial charge on any atom is -0.456 e. The summed E-state index contributed by atoms with van der Waals surface area (Å²) in [4.78, 5) is 5.51. The van der Waals surface area contributed by atoms with Crippen LogP contribution >= 0.6 is 11.3 Å². The minimum absolute atomic E-state index is 0.302. The number of furan rings is 1. The maximum atomic E-state index is 6.75. The highest BCUT2D eigenvalue weighted by Gasteiger charge is 2.33. The van der Waals surface area contributed by atoms with E-state index in [0.29, 0.717) is 0 Å². The van der Waals surface area contributed by atoms with Crippen molar-refractivity contribution in [2.75, 3.05) is 0 Å². The summed E-state index contributed by atoms with van der Waals surface area (Å²) in [5, 5.41) is 14.9. The number of aliphatic imine (C=N–C) groups is 1. The second-order valence-corrected chi connectivity index (χ2v) is 15.8. The van der Waals surface area contributed by atoms with Crippen molar-refractivity contribution in [3.05, 3.63) is 181 Å². The number of fused-ring (bicyclic) bond motifs is 16. The van der Waals surface area contributed by atoms with Crippen molar-refractivity contribution >= 4 is 109 Å². The van der Waals surface area contributed by atoms with Crippen molar-refractivity contribution in [3.63, 3.8) is 0 Å². The number of hydrogen-bond donors (Lipinski definition) is 1. The molecule has 1 aliphatic heterocycles. The predicted octanol–water partition coefficient (Wildman–Crippen LogP) is 13.4. The minimum atomic E-state index is -0.302. The first-order chi connectivity index (χ1) is 27.8. The molecule has 262 valence electrons. The molecule has 1 N–H and O–H groups in total. The number of benzene rings is 8. The molecular formula is C50H30N4OS. The van der Waals surface area contributed by atoms with Crippen LogP contribution in [0.5, 0.6) is 0 Å². The van der Waals surface area contributed by atoms with Gasteiger partial charge in [-0.25, -0.2) is 4.99 Å². The van der Waals surface area contributed by atoms with Gasteiger partial charge in [-0.05, 0) is 65.5 Å². The molecule has 0 amide bonds. The van der Waals surface area contributed by atoms with E-state index in [-0.39, 0.29) is 6.04 Å². The monoisotopic (exact) mass is 734 g/mol. The summed E-state index contributed by atoms with van der Waals surface area (Å²) in [6.07, 6.45) is 0. The topological polar surface area (TPSA) is 47.4 Å². The predicted molar refractivity (Wildman–Crippen MR) is 234 cm³/mol. The maximum absolute atomic E-state index is 6.75. The molecular weight excluding hydrogens is 705 g/mol. The van der Waals surface area contributed by atoms with Gasteiger partial charge in [-0.15, -0.1) is 11.3 Å². The third-order valence-electron chi connectivity index (χ3n) is 11.8. The van der Waals surface area contributed by atoms with Crippen LogP contribution in [0.4, 0.5) is 5.69 Å². The van der Waals surface area contributed by atoms with Gasteiger partial charge in [0.15, 0.2) is 5.76 Å². The van der Waals surface area contributed by atoms with Crippen LogP contribution in [0.3, 0.4) is 0 Å². The Bertz CT molecular complexity index is 3640. The zero-order chi connectivity index (χ0) is 36.5. The Morgan fingerprint density at radius 1 is 0.518 bits per heavy atom. The summed E-state index contributed by atoms with van der Waals surface area (Å²) < 4.78 is 14.1. The standard InChI is InChI=1S/C50H30N4OS/c1-2-14-30(15-3-1)53-38-22-10-6-16-31(38)37-28-29(26-27-40(37)53)45-48-46(35-20-8-12-24-41(35)55-48)52-50(51-45)54-39-23-11-7-19-34(39)44-47(54)33-18-5-4-17-32(33)43-36-21-9-13-25-42(36)56-49(43)44/h1-28,45H,(H,51,52). The fourth-order valence-corrected chi connectivity index (χ4v) is 10.7. The summed E-state index contributed by atoms with van der Waals surface area (Å²) in [5.41, 5.74) is 8.56. The normalized spacial score (nSPS) is 14.5. The average molecular weight is 735 g/mol. The second kappa shape index (κ2) is 11.2. The summed E-state index contributed by atoms with van der Waals surface area (Å²) >= 11 is 1.88. The van der Waals surface area contributed by atoms with Gasteiger partial charge in [-0.3, -0.25) is 4.57 Å². The van der Waals surface area contributed by atoms with Gasteiger partial charge < -0.3 is 14.3 Å². The van der Waals surface area contributed by atoms with Gasteiger partial charge in [-0.2, -0.15) is 0 Å². The van der Waals surface area contributed by atoms with E-state index in [9.17, 15) is 0 Å². The highest BCUT2D eigenvalue weighted by Crippen LogP contribution is 2.49. The van der Waals surface area contributed by atoms with Gasteiger partial charge in [0, 0.05) is 58.2 Å². The quantitative estimate of drug-likeness (QED) is 0.192. The molecule has 5 nitrogen and oxygen atoms in total. The Labute approximate surface area is 323 Å². The Balaban J connectivity index is 1.11. The van der Waals surface area contributed by atoms with Crippen molar-refractivity contribution in [2.45, 2.75) is 6.04 Å². The molecule has 0 saturated heterocycles. The lowest BCUT2D eigenvalue weighted by Crippen LogP contribution is -2.36. The Morgan fingerprint density at radius 3 is 2.00 bits per heavy atom. The Kier molecular flexibility index (Phi) is 6.04. The van der Waals surface area contributed by atoms with Gasteiger partial charge in [-0.1, -0.05) is 115 Å². The van der Waals surface area contributed by atoms with Crippen LogP contribution in [0.1, 0.15) is 17.4 Å². The molecule has 0 fully saturated rings. The number of aromatic nitrogens is 2. The van der Waals surface area contributed by atoms with Gasteiger partial charge in [0.25, 0.3) is 0 Å². The first kappa shape index (κ1) is 30.2. The van der Waals surface area contributed by atoms with Crippen LogP contribution < -0.4 is 5.32 Å². The van der Waals surface area contributed by atoms with Gasteiger partial charge >= 0.3 is 0 Å². The fourth-order valence-electron chi connectivity index (χ4n) is 9.41. The number of nitrogens with one attached hydrogen (secondary N) is 1. The smallest absolute Gasteiger partial charge is 0.209 e. The lowest BCUT2D eigenvalue weighted by atomic mass is 9.99. The van der Waals surface area contributed by atoms with E-state index >= 15 is 0 Å². The van der Waals surface area contributed by atoms with Crippen molar-refractivity contribution in [2.24, 2.45) is 4.99 Å². The molecule has 4 aromatic heterocycles. The zero-order valence-corrected chi connectivity index (χ0v) is 30.7. The third kappa shape index (κ3) is 4.00. The van der Waals surface area contributed by atoms with Crippen LogP contribution in [0.15, 0.2) is 179 Å². The molecule has 0 saturated carbocycles. The van der Waals surface area contributed by atoms with Gasteiger partial charge in [0.2, 0.25) is 5.96 Å². The van der Waals surface area contributed by atoms with Crippen LogP contribution in [0.2, 0.25) is 0 Å². The summed E-state index contributed by atoms with van der Waals surface area (Å²) in [6.45, 7) is 0. The molecule has 12 aromatic rings.